The van der Waals surface area contributed by atoms with Crippen molar-refractivity contribution >= 4 is 34.4 Å². The third-order valence-corrected chi connectivity index (χ3v) is 5.88. The van der Waals surface area contributed by atoms with Crippen LogP contribution in [0.25, 0.3) is 0 Å². The number of methoxy groups -OCH3 is 1. The smallest absolute Gasteiger partial charge is 0.407 e. The Labute approximate surface area is 189 Å². The number of urea groups is 1. The highest BCUT2D eigenvalue weighted by Crippen LogP contribution is 2.36. The van der Waals surface area contributed by atoms with Gasteiger partial charge in [-0.3, -0.25) is 4.79 Å². The Hall–Kier alpha value is -3.78. The molecule has 5 N–H and O–H groups in total. The summed E-state index contributed by atoms with van der Waals surface area (Å²) < 4.78 is 5.29. The number of carbonyl (C=O) groups is 3. The van der Waals surface area contributed by atoms with Crippen LogP contribution >= 0.6 is 11.3 Å². The zero-order valence-corrected chi connectivity index (χ0v) is 18.6. The first-order chi connectivity index (χ1) is 15.3. The predicted octanol–water partition coefficient (Wildman–Crippen LogP) is 2.52. The number of primary amides is 1. The van der Waals surface area contributed by atoms with Gasteiger partial charge in [0.25, 0.3) is 0 Å². The Kier molecular flexibility index (Phi) is 8.85. The fraction of sp³-hybridized carbons (Fsp3) is 0.333. The molecule has 0 bridgehead atoms. The van der Waals surface area contributed by atoms with Crippen molar-refractivity contribution in [3.8, 4) is 11.8 Å². The number of ether oxygens (including phenoxy) is 1. The summed E-state index contributed by atoms with van der Waals surface area (Å²) in [6.45, 7) is 0.607. The van der Waals surface area contributed by atoms with E-state index < -0.39 is 12.1 Å². The predicted molar refractivity (Wildman–Crippen MR) is 120 cm³/mol. The van der Waals surface area contributed by atoms with Crippen LogP contribution in [0.5, 0.6) is 5.75 Å². The summed E-state index contributed by atoms with van der Waals surface area (Å²) in [6, 6.07) is 9.19. The van der Waals surface area contributed by atoms with E-state index in [9.17, 15) is 19.6 Å². The molecule has 0 radical (unpaired) electrons. The number of amides is 4. The molecule has 1 aromatic carbocycles. The van der Waals surface area contributed by atoms with Gasteiger partial charge in [0, 0.05) is 24.9 Å². The van der Waals surface area contributed by atoms with Crippen molar-refractivity contribution < 1.29 is 24.2 Å². The van der Waals surface area contributed by atoms with Gasteiger partial charge in [0.1, 0.15) is 16.8 Å². The average molecular weight is 460 g/mol. The number of nitrogens with one attached hydrogen (secondary N) is 2. The van der Waals surface area contributed by atoms with Crippen LogP contribution < -0.4 is 21.1 Å². The Morgan fingerprint density at radius 1 is 1.34 bits per heavy atom. The van der Waals surface area contributed by atoms with Gasteiger partial charge in [-0.1, -0.05) is 18.2 Å². The first-order valence-corrected chi connectivity index (χ1v) is 10.5. The van der Waals surface area contributed by atoms with Crippen molar-refractivity contribution in [1.29, 1.82) is 5.26 Å². The molecule has 0 spiro atoms. The molecule has 10 nitrogen and oxygen atoms in total. The second kappa shape index (κ2) is 11.6. The number of fused-ring (bicyclic) bond motifs is 1. The summed E-state index contributed by atoms with van der Waals surface area (Å²) in [5, 5.41) is 24.1. The Morgan fingerprint density at radius 2 is 2.03 bits per heavy atom. The third kappa shape index (κ3) is 6.36. The van der Waals surface area contributed by atoms with Gasteiger partial charge in [-0.2, -0.15) is 5.26 Å². The molecule has 4 amide bonds. The van der Waals surface area contributed by atoms with Crippen LogP contribution in [-0.2, 0) is 24.2 Å². The second-order valence-corrected chi connectivity index (χ2v) is 7.85. The molecular weight excluding hydrogens is 434 g/mol. The maximum Gasteiger partial charge on any atom is 0.407 e. The standard InChI is InChI=1S/C19H19N3O4S.C2H6N2O/c1-26-15-5-3-2-4-12(15)6-7-17(23)21-18-14(10-20)13-8-9-22(19(24)25)11-16(13)27-18;1-4-2(3)5/h2-5H,6-9,11H2,1H3,(H,21,23)(H,24,25);1H3,(H3,3,4,5). The average Bonchev–Trinajstić information content (AvgIpc) is 3.14. The number of benzene rings is 1. The molecule has 11 heteroatoms. The zero-order chi connectivity index (χ0) is 23.7. The van der Waals surface area contributed by atoms with Crippen LogP contribution in [-0.4, -0.2) is 48.7 Å². The number of carbonyl (C=O) groups excluding carboxylic acids is 2. The Morgan fingerprint density at radius 3 is 2.62 bits per heavy atom. The highest BCUT2D eigenvalue weighted by molar-refractivity contribution is 7.16. The summed E-state index contributed by atoms with van der Waals surface area (Å²) in [6.07, 6.45) is 0.290. The van der Waals surface area contributed by atoms with Gasteiger partial charge in [0.15, 0.2) is 0 Å². The molecule has 3 rings (SSSR count). The molecule has 170 valence electrons. The Bertz CT molecular complexity index is 1030. The van der Waals surface area contributed by atoms with E-state index in [-0.39, 0.29) is 18.9 Å². The van der Waals surface area contributed by atoms with Crippen molar-refractivity contribution in [2.24, 2.45) is 5.73 Å². The first kappa shape index (κ1) is 24.5. The van der Waals surface area contributed by atoms with E-state index in [4.69, 9.17) is 9.84 Å². The lowest BCUT2D eigenvalue weighted by Crippen LogP contribution is -2.34. The van der Waals surface area contributed by atoms with E-state index >= 15 is 0 Å². The molecule has 0 fully saturated rings. The zero-order valence-electron chi connectivity index (χ0n) is 17.8. The van der Waals surface area contributed by atoms with Crippen molar-refractivity contribution in [1.82, 2.24) is 10.2 Å². The van der Waals surface area contributed by atoms with Crippen molar-refractivity contribution in [2.45, 2.75) is 25.8 Å². The molecule has 32 heavy (non-hydrogen) atoms. The SMILES string of the molecule is CNC(N)=O.COc1ccccc1CCC(=O)Nc1sc2c(c1C#N)CCN(C(=O)O)C2. The molecule has 0 saturated heterocycles. The lowest BCUT2D eigenvalue weighted by Gasteiger charge is -2.23. The highest BCUT2D eigenvalue weighted by Gasteiger charge is 2.27. The van der Waals surface area contributed by atoms with E-state index in [1.807, 2.05) is 24.3 Å². The van der Waals surface area contributed by atoms with Gasteiger partial charge in [-0.15, -0.1) is 11.3 Å². The number of aryl methyl sites for hydroxylation is 1. The van der Waals surface area contributed by atoms with E-state index in [1.54, 1.807) is 7.11 Å². The van der Waals surface area contributed by atoms with Gasteiger partial charge in [-0.05, 0) is 30.0 Å². The lowest BCUT2D eigenvalue weighted by atomic mass is 10.0. The lowest BCUT2D eigenvalue weighted by molar-refractivity contribution is -0.116. The molecular formula is C21H25N5O5S. The number of nitrogens with zero attached hydrogens (tertiary/aromatic N) is 2. The number of thiophene rings is 1. The number of hydrogen-bond donors (Lipinski definition) is 4. The van der Waals surface area contributed by atoms with Crippen molar-refractivity contribution in [2.75, 3.05) is 26.0 Å². The minimum Gasteiger partial charge on any atom is -0.496 e. The van der Waals surface area contributed by atoms with Gasteiger partial charge in [-0.25, -0.2) is 9.59 Å². The van der Waals surface area contributed by atoms with Gasteiger partial charge >= 0.3 is 12.1 Å². The third-order valence-electron chi connectivity index (χ3n) is 4.75. The normalized spacial score (nSPS) is 11.8. The van der Waals surface area contributed by atoms with Gasteiger partial charge in [0.2, 0.25) is 5.91 Å². The van der Waals surface area contributed by atoms with Gasteiger partial charge < -0.3 is 31.1 Å². The maximum atomic E-state index is 12.4. The Balaban J connectivity index is 0.000000654. The molecule has 0 saturated carbocycles. The van der Waals surface area contributed by atoms with Crippen LogP contribution in [0.15, 0.2) is 24.3 Å². The van der Waals surface area contributed by atoms with Crippen LogP contribution in [0.4, 0.5) is 14.6 Å². The van der Waals surface area contributed by atoms with Crippen LogP contribution in [0, 0.1) is 11.3 Å². The van der Waals surface area contributed by atoms with E-state index in [1.165, 1.54) is 23.3 Å². The second-order valence-electron chi connectivity index (χ2n) is 6.75. The number of nitrogens with two attached hydrogens (primary N) is 1. The monoisotopic (exact) mass is 459 g/mol. The topological polar surface area (TPSA) is 158 Å². The number of anilines is 1. The fourth-order valence-corrected chi connectivity index (χ4v) is 4.35. The minimum atomic E-state index is -0.977. The summed E-state index contributed by atoms with van der Waals surface area (Å²) in [5.41, 5.74) is 6.78. The summed E-state index contributed by atoms with van der Waals surface area (Å²) in [5.74, 6) is 0.550. The van der Waals surface area contributed by atoms with E-state index in [2.05, 4.69) is 22.4 Å². The summed E-state index contributed by atoms with van der Waals surface area (Å²) in [4.78, 5) is 35.2. The number of carboxylic acid groups (broad SMARTS) is 1. The molecule has 1 aliphatic rings. The van der Waals surface area contributed by atoms with Crippen molar-refractivity contribution in [3.63, 3.8) is 0 Å². The fourth-order valence-electron chi connectivity index (χ4n) is 3.12. The molecule has 0 unspecified atom stereocenters. The quantitative estimate of drug-likeness (QED) is 0.538. The van der Waals surface area contributed by atoms with Crippen LogP contribution in [0.3, 0.4) is 0 Å². The first-order valence-electron chi connectivity index (χ1n) is 9.72. The van der Waals surface area contributed by atoms with E-state index in [0.717, 1.165) is 21.8 Å². The molecule has 2 heterocycles. The molecule has 2 aromatic rings. The number of rotatable bonds is 5. The number of nitriles is 1. The maximum absolute atomic E-state index is 12.4. The number of hydrogen-bond acceptors (Lipinski definition) is 6. The van der Waals surface area contributed by atoms with Crippen LogP contribution in [0.2, 0.25) is 0 Å². The summed E-state index contributed by atoms with van der Waals surface area (Å²) >= 11 is 1.28. The highest BCUT2D eigenvalue weighted by atomic mass is 32.1. The van der Waals surface area contributed by atoms with Crippen molar-refractivity contribution in [3.05, 3.63) is 45.8 Å². The largest absolute Gasteiger partial charge is 0.496 e. The molecule has 0 aliphatic carbocycles. The van der Waals surface area contributed by atoms with Gasteiger partial charge in [0.05, 0.1) is 19.2 Å². The molecule has 0 atom stereocenters. The number of para-hydroxylation sites is 1. The molecule has 1 aromatic heterocycles. The summed E-state index contributed by atoms with van der Waals surface area (Å²) in [7, 11) is 3.07. The molecule has 1 aliphatic heterocycles. The van der Waals surface area contributed by atoms with Crippen LogP contribution in [0.1, 0.15) is 28.0 Å². The van der Waals surface area contributed by atoms with E-state index in [0.29, 0.717) is 30.0 Å². The minimum absolute atomic E-state index is 0.189.